The fraction of sp³-hybridized carbons (Fsp3) is 0.625. The van der Waals surface area contributed by atoms with Crippen LogP contribution in [0.25, 0.3) is 10.7 Å². The van der Waals surface area contributed by atoms with Gasteiger partial charge in [0.05, 0.1) is 78.5 Å². The van der Waals surface area contributed by atoms with E-state index in [1.54, 1.807) is 10.8 Å². The van der Waals surface area contributed by atoms with Crippen molar-refractivity contribution in [1.29, 1.82) is 0 Å². The van der Waals surface area contributed by atoms with Crippen molar-refractivity contribution < 1.29 is 98.2 Å². The molecule has 4 aromatic heterocycles. The number of hydrogen-bond acceptors (Lipinski definition) is 30. The Kier molecular flexibility index (Phi) is 29.0. The lowest BCUT2D eigenvalue weighted by atomic mass is 9.96. The van der Waals surface area contributed by atoms with Crippen molar-refractivity contribution in [3.05, 3.63) is 56.8 Å². The molecule has 1 saturated carbocycles. The number of nitrogens with two attached hydrogens (primary N) is 4. The number of likely N-dealkylation sites (N-methyl/N-ethyl adjacent to an activating group) is 1. The van der Waals surface area contributed by atoms with E-state index >= 15 is 4.79 Å². The number of aliphatic hydroxyl groups is 8. The highest BCUT2D eigenvalue weighted by Crippen LogP contribution is 2.45. The topological polar surface area (TPSA) is 604 Å². The third kappa shape index (κ3) is 20.6. The molecule has 37 nitrogen and oxygen atoms in total. The highest BCUT2D eigenvalue weighted by molar-refractivity contribution is 7.95. The number of imidazole rings is 1. The summed E-state index contributed by atoms with van der Waals surface area (Å²) in [6.45, 7) is 3.70. The van der Waals surface area contributed by atoms with E-state index in [1.807, 2.05) is 0 Å². The van der Waals surface area contributed by atoms with Crippen molar-refractivity contribution in [2.45, 2.75) is 145 Å². The average Bonchev–Trinajstić information content (AvgIpc) is 1.59. The number of anilines is 1. The van der Waals surface area contributed by atoms with Gasteiger partial charge in [-0.15, -0.1) is 22.7 Å². The van der Waals surface area contributed by atoms with Crippen LogP contribution in [-0.4, -0.2) is 262 Å². The minimum Gasteiger partial charge on any atom is -0.441 e. The Labute approximate surface area is 560 Å². The van der Waals surface area contributed by atoms with E-state index in [9.17, 15) is 74.4 Å². The lowest BCUT2D eigenvalue weighted by molar-refractivity contribution is -0.334. The van der Waals surface area contributed by atoms with E-state index in [2.05, 4.69) is 79.6 Å². The molecule has 2 fully saturated rings. The molecule has 6 rings (SSSR count). The third-order valence-electron chi connectivity index (χ3n) is 15.8. The van der Waals surface area contributed by atoms with Crippen LogP contribution in [0.2, 0.25) is 0 Å². The van der Waals surface area contributed by atoms with E-state index in [4.69, 9.17) is 41.9 Å². The van der Waals surface area contributed by atoms with E-state index in [1.165, 1.54) is 63.6 Å². The minimum atomic E-state index is -2.44. The number of nitrogens with zero attached hydrogens (tertiary/aromatic N) is 5. The van der Waals surface area contributed by atoms with Gasteiger partial charge in [-0.3, -0.25) is 33.6 Å². The van der Waals surface area contributed by atoms with Crippen LogP contribution in [0.5, 0.6) is 0 Å². The molecule has 0 bridgehead atoms. The van der Waals surface area contributed by atoms with Gasteiger partial charge >= 0.3 is 6.09 Å². The van der Waals surface area contributed by atoms with Gasteiger partial charge in [-0.1, -0.05) is 6.92 Å². The predicted molar refractivity (Wildman–Crippen MR) is 342 cm³/mol. The van der Waals surface area contributed by atoms with Gasteiger partial charge in [0.1, 0.15) is 82.1 Å². The molecule has 4 aromatic rings. The standard InChI is InChI=1S/C56H85N17O20S3/c1-21-35(70-47(73-45(21)58)26(13-32(57)77)65-15-28(61-5)46(59)82)51(86)72-37(42(27-14-62-20-66-27)91-54(88)43(34-25(16-74)39(34)79)92-55-41(81)44(93-56(60)89)40(80)31(17-75)90-55)52(87)67-23(3)38(78)22(2)48(83)71-36(24(4)76)50(85)64-11-9-33-68-30(19-94-33)53-69-29(18-95-53)49(84)63-10-8-12-96(6)7/h14,18-20,22-26,28,31,34,36-44,54-55,61,65,74-76,78-81,88H,8-13,15-17H2,1-7H3,(H13-,57,58,59,60,62,63,64,66,67,70,71,72,73,77,82,83,84,85,86,87,89)/p+1/t22-,23+,24+,25?,26-,28-,31?,34?,36-,37-,38-,39+,40+,41?,42-,43-,44+,54-,55+/m0/s1. The van der Waals surface area contributed by atoms with Crippen molar-refractivity contribution >= 4 is 86.8 Å². The second-order valence-electron chi connectivity index (χ2n) is 23.1. The third-order valence-corrected chi connectivity index (χ3v) is 18.7. The zero-order valence-electron chi connectivity index (χ0n) is 53.4. The first-order chi connectivity index (χ1) is 45.4. The number of carbonyl (C=O) groups is 8. The molecule has 0 radical (unpaired) electrons. The van der Waals surface area contributed by atoms with Gasteiger partial charge in [-0.05, 0) is 38.7 Å². The monoisotopic (exact) mass is 1410 g/mol. The number of ether oxygens (including phenoxy) is 4. The molecule has 1 aliphatic carbocycles. The van der Waals surface area contributed by atoms with Gasteiger partial charge in [-0.25, -0.2) is 29.7 Å². The van der Waals surface area contributed by atoms with Crippen molar-refractivity contribution in [3.63, 3.8) is 0 Å². The van der Waals surface area contributed by atoms with E-state index in [0.717, 1.165) is 18.5 Å². The number of nitrogens with one attached hydrogen (secondary N) is 8. The van der Waals surface area contributed by atoms with Gasteiger partial charge in [0, 0.05) is 79.9 Å². The van der Waals surface area contributed by atoms with E-state index in [-0.39, 0.29) is 64.9 Å². The molecule has 96 heavy (non-hydrogen) atoms. The lowest BCUT2D eigenvalue weighted by Crippen LogP contribution is -2.62. The largest absolute Gasteiger partial charge is 0.441 e. The Hall–Kier alpha value is -7.26. The highest BCUT2D eigenvalue weighted by atomic mass is 32.2. The molecule has 40 heteroatoms. The Balaban J connectivity index is 1.25. The van der Waals surface area contributed by atoms with Gasteiger partial charge in [-0.2, -0.15) is 0 Å². The van der Waals surface area contributed by atoms with Crippen LogP contribution in [0, 0.1) is 24.7 Å². The summed E-state index contributed by atoms with van der Waals surface area (Å²) in [5.74, 6) is -9.73. The van der Waals surface area contributed by atoms with E-state index < -0.39 is 182 Å². The van der Waals surface area contributed by atoms with Crippen LogP contribution >= 0.6 is 22.7 Å². The number of aromatic nitrogens is 6. The van der Waals surface area contributed by atoms with Gasteiger partial charge < -0.3 is 125 Å². The number of amides is 8. The Morgan fingerprint density at radius 2 is 1.55 bits per heavy atom. The van der Waals surface area contributed by atoms with Crippen molar-refractivity contribution in [2.24, 2.45) is 35.0 Å². The number of thiazole rings is 2. The first-order valence-corrected chi connectivity index (χ1v) is 34.1. The van der Waals surface area contributed by atoms with Crippen LogP contribution in [0.3, 0.4) is 0 Å². The summed E-state index contributed by atoms with van der Waals surface area (Å²) < 4.78 is 22.7. The molecule has 2 aliphatic rings. The molecular weight excluding hydrogens is 1330 g/mol. The number of rotatable bonds is 38. The molecule has 4 unspecified atom stereocenters. The molecule has 0 spiro atoms. The molecule has 0 aromatic carbocycles. The van der Waals surface area contributed by atoms with Crippen LogP contribution in [-0.2, 0) is 60.2 Å². The van der Waals surface area contributed by atoms with Crippen LogP contribution in [0.4, 0.5) is 10.6 Å². The average molecular weight is 1410 g/mol. The summed E-state index contributed by atoms with van der Waals surface area (Å²) in [6, 6.07) is -7.45. The zero-order valence-corrected chi connectivity index (χ0v) is 55.8. The number of hydrogen-bond donors (Lipinski definition) is 20. The number of aromatic amines is 1. The molecule has 1 aliphatic heterocycles. The van der Waals surface area contributed by atoms with Crippen LogP contribution < -0.4 is 60.2 Å². The van der Waals surface area contributed by atoms with Gasteiger partial charge in [0.15, 0.2) is 18.7 Å². The maximum atomic E-state index is 15.1. The molecular formula is C56H86N17O20S3+. The number of carbonyl (C=O) groups excluding carboxylic acids is 8. The maximum Gasteiger partial charge on any atom is 0.404 e. The SMILES string of the molecule is CN[C@@H](CN[C@@H](CC(N)=O)c1nc(N)c(C)c(C(=O)N[C@H](C(=O)N[C@H](C)[C@@H](O)[C@H](C)C(=O)N[C@H](C(=O)NCCc2nc(-c3nc(C(=O)NCCC[S+](C)C)cs3)cs2)[C@@H](C)O)[C@@H](O[C@H](O)[C@@H](O[C@H]2OC(CO)[C@@H](O)[C@@H](OC(N)=O)C2O)C2C(CO)[C@H]2O)c2c[nH]cn2)n1)C(N)=O. The highest BCUT2D eigenvalue weighted by Gasteiger charge is 2.59. The Morgan fingerprint density at radius 1 is 0.833 bits per heavy atom. The zero-order chi connectivity index (χ0) is 71.0. The summed E-state index contributed by atoms with van der Waals surface area (Å²) >= 11 is 2.53. The molecule has 5 heterocycles. The summed E-state index contributed by atoms with van der Waals surface area (Å²) in [6.07, 6.45) is -15.2. The van der Waals surface area contributed by atoms with Crippen LogP contribution in [0.1, 0.15) is 88.8 Å². The minimum absolute atomic E-state index is 0.00218. The first kappa shape index (κ1) is 77.7. The number of primary amides is 3. The number of aliphatic hydroxyl groups excluding tert-OH is 8. The Morgan fingerprint density at radius 3 is 2.16 bits per heavy atom. The maximum absolute atomic E-state index is 15.1. The number of H-pyrrole nitrogens is 1. The fourth-order valence-corrected chi connectivity index (χ4v) is 12.5. The van der Waals surface area contributed by atoms with Crippen LogP contribution in [0.15, 0.2) is 23.3 Å². The number of nitrogen functional groups attached to an aromatic ring is 1. The smallest absolute Gasteiger partial charge is 0.404 e. The van der Waals surface area contributed by atoms with Crippen molar-refractivity contribution in [3.8, 4) is 10.7 Å². The molecule has 8 amide bonds. The lowest BCUT2D eigenvalue weighted by Gasteiger charge is -2.42. The Bertz CT molecular complexity index is 3280. The summed E-state index contributed by atoms with van der Waals surface area (Å²) in [7, 11) is 1.70. The first-order valence-electron chi connectivity index (χ1n) is 30.2. The second-order valence-corrected chi connectivity index (χ2v) is 27.3. The van der Waals surface area contributed by atoms with Gasteiger partial charge in [0.2, 0.25) is 29.5 Å². The second kappa shape index (κ2) is 35.8. The quantitative estimate of drug-likeness (QED) is 0.0113. The predicted octanol–water partition coefficient (Wildman–Crippen LogP) is -6.96. The van der Waals surface area contributed by atoms with Crippen molar-refractivity contribution in [1.82, 2.24) is 67.1 Å². The molecule has 19 atom stereocenters. The summed E-state index contributed by atoms with van der Waals surface area (Å²) in [5.41, 5.74) is 22.5. The van der Waals surface area contributed by atoms with Gasteiger partial charge in [0.25, 0.3) is 11.8 Å². The fourth-order valence-electron chi connectivity index (χ4n) is 10.2. The molecule has 1 saturated heterocycles. The van der Waals surface area contributed by atoms with E-state index in [0.29, 0.717) is 22.3 Å². The van der Waals surface area contributed by atoms with Crippen molar-refractivity contribution in [2.75, 3.05) is 63.9 Å². The summed E-state index contributed by atoms with van der Waals surface area (Å²) in [5, 5.41) is 111. The summed E-state index contributed by atoms with van der Waals surface area (Å²) in [4.78, 5) is 131. The molecule has 24 N–H and O–H groups in total. The normalized spacial score (nSPS) is 22.8. The molecule has 532 valence electrons.